The van der Waals surface area contributed by atoms with Gasteiger partial charge in [-0.05, 0) is 36.4 Å². The van der Waals surface area contributed by atoms with Crippen molar-refractivity contribution in [2.75, 3.05) is 5.32 Å². The molecule has 0 spiro atoms. The summed E-state index contributed by atoms with van der Waals surface area (Å²) >= 11 is 4.55. The number of hydrogen-bond donors (Lipinski definition) is 3. The molecule has 4 nitrogen and oxygen atoms in total. The average Bonchev–Trinajstić information content (AvgIpc) is 2.85. The lowest BCUT2D eigenvalue weighted by molar-refractivity contribution is -0.116. The van der Waals surface area contributed by atoms with E-state index in [1.165, 1.54) is 17.8 Å². The molecule has 118 valence electrons. The normalized spacial score (nSPS) is 19.0. The number of phenolic OH excluding ortho intramolecular Hbond substituents is 1. The lowest BCUT2D eigenvalue weighted by Gasteiger charge is -2.12. The summed E-state index contributed by atoms with van der Waals surface area (Å²) in [6.07, 6.45) is 1.60. The number of anilines is 1. The average molecular weight is 395 g/mol. The molecule has 1 aliphatic rings. The van der Waals surface area contributed by atoms with Gasteiger partial charge in [-0.3, -0.25) is 4.79 Å². The van der Waals surface area contributed by atoms with E-state index in [4.69, 9.17) is 0 Å². The van der Waals surface area contributed by atoms with Crippen LogP contribution in [0.3, 0.4) is 0 Å². The van der Waals surface area contributed by atoms with Crippen molar-refractivity contribution in [3.8, 4) is 5.75 Å². The van der Waals surface area contributed by atoms with Crippen molar-refractivity contribution in [2.24, 2.45) is 0 Å². The molecule has 1 fully saturated rings. The molecular formula is C16H12BrFN2O2S. The fourth-order valence-corrected chi connectivity index (χ4v) is 3.41. The van der Waals surface area contributed by atoms with Crippen LogP contribution in [-0.2, 0) is 4.79 Å². The minimum absolute atomic E-state index is 0.0830. The molecule has 1 unspecified atom stereocenters. The molecule has 0 radical (unpaired) electrons. The van der Waals surface area contributed by atoms with E-state index in [0.717, 1.165) is 4.47 Å². The first-order valence-electron chi connectivity index (χ1n) is 6.72. The summed E-state index contributed by atoms with van der Waals surface area (Å²) in [5.74, 6) is -0.577. The molecule has 1 saturated heterocycles. The van der Waals surface area contributed by atoms with E-state index in [0.29, 0.717) is 16.2 Å². The Morgan fingerprint density at radius 2 is 2.09 bits per heavy atom. The maximum absolute atomic E-state index is 13.6. The Balaban J connectivity index is 1.79. The number of nitrogens with one attached hydrogen (secondary N) is 2. The molecule has 1 aliphatic heterocycles. The van der Waals surface area contributed by atoms with Gasteiger partial charge in [0.2, 0.25) is 0 Å². The number of rotatable bonds is 3. The van der Waals surface area contributed by atoms with Crippen molar-refractivity contribution < 1.29 is 14.3 Å². The molecule has 1 atom stereocenters. The number of carbonyl (C=O) groups is 1. The predicted octanol–water partition coefficient (Wildman–Crippen LogP) is 3.89. The molecule has 1 heterocycles. The van der Waals surface area contributed by atoms with Gasteiger partial charge >= 0.3 is 0 Å². The molecule has 0 aromatic heterocycles. The molecule has 3 N–H and O–H groups in total. The summed E-state index contributed by atoms with van der Waals surface area (Å²) in [4.78, 5) is 12.5. The quantitative estimate of drug-likeness (QED) is 0.691. The van der Waals surface area contributed by atoms with Crippen molar-refractivity contribution in [1.82, 2.24) is 5.32 Å². The Labute approximate surface area is 144 Å². The fraction of sp³-hybridized carbons (Fsp3) is 0.0625. The van der Waals surface area contributed by atoms with Crippen molar-refractivity contribution in [3.63, 3.8) is 0 Å². The Morgan fingerprint density at radius 3 is 2.87 bits per heavy atom. The van der Waals surface area contributed by atoms with Crippen molar-refractivity contribution >= 4 is 45.4 Å². The number of hydrogen-bond acceptors (Lipinski definition) is 4. The predicted molar refractivity (Wildman–Crippen MR) is 93.3 cm³/mol. The zero-order chi connectivity index (χ0) is 16.4. The summed E-state index contributed by atoms with van der Waals surface area (Å²) in [5.41, 5.74) is 0.375. The number of benzene rings is 2. The van der Waals surface area contributed by atoms with Crippen molar-refractivity contribution in [1.29, 1.82) is 0 Å². The van der Waals surface area contributed by atoms with Gasteiger partial charge in [-0.25, -0.2) is 4.39 Å². The molecule has 7 heteroatoms. The zero-order valence-corrected chi connectivity index (χ0v) is 14.1. The van der Waals surface area contributed by atoms with E-state index in [-0.39, 0.29) is 17.5 Å². The topological polar surface area (TPSA) is 61.4 Å². The zero-order valence-electron chi connectivity index (χ0n) is 11.7. The van der Waals surface area contributed by atoms with Crippen LogP contribution in [-0.4, -0.2) is 16.5 Å². The summed E-state index contributed by atoms with van der Waals surface area (Å²) in [6.45, 7) is 0. The lowest BCUT2D eigenvalue weighted by Crippen LogP contribution is -2.31. The van der Waals surface area contributed by atoms with Crippen LogP contribution >= 0.6 is 27.7 Å². The molecule has 3 rings (SSSR count). The van der Waals surface area contributed by atoms with Crippen LogP contribution in [0.4, 0.5) is 10.1 Å². The van der Waals surface area contributed by atoms with Crippen LogP contribution < -0.4 is 10.6 Å². The molecule has 0 bridgehead atoms. The third-order valence-corrected chi connectivity index (χ3v) is 4.69. The van der Waals surface area contributed by atoms with Crippen LogP contribution in [0.25, 0.3) is 6.08 Å². The van der Waals surface area contributed by atoms with E-state index in [1.54, 1.807) is 42.5 Å². The minimum Gasteiger partial charge on any atom is -0.507 e. The third kappa shape index (κ3) is 3.68. The number of carbonyl (C=O) groups excluding carboxylic acids is 1. The summed E-state index contributed by atoms with van der Waals surface area (Å²) in [5, 5.41) is 15.5. The van der Waals surface area contributed by atoms with Gasteiger partial charge in [0.1, 0.15) is 11.6 Å². The van der Waals surface area contributed by atoms with Crippen LogP contribution in [0, 0.1) is 5.82 Å². The number of amides is 1. The third-order valence-electron chi connectivity index (χ3n) is 3.17. The fourth-order valence-electron chi connectivity index (χ4n) is 2.07. The molecule has 23 heavy (non-hydrogen) atoms. The van der Waals surface area contributed by atoms with Crippen molar-refractivity contribution in [3.05, 3.63) is 63.2 Å². The van der Waals surface area contributed by atoms with Gasteiger partial charge in [-0.2, -0.15) is 0 Å². The second-order valence-electron chi connectivity index (χ2n) is 4.81. The summed E-state index contributed by atoms with van der Waals surface area (Å²) in [6, 6.07) is 11.2. The molecule has 1 amide bonds. The first-order valence-corrected chi connectivity index (χ1v) is 8.39. The highest BCUT2D eigenvalue weighted by Gasteiger charge is 2.27. The van der Waals surface area contributed by atoms with Crippen LogP contribution in [0.15, 0.2) is 51.8 Å². The molecule has 2 aromatic carbocycles. The second-order valence-corrected chi connectivity index (χ2v) is 6.87. The smallest absolute Gasteiger partial charge is 0.260 e. The molecule has 2 aromatic rings. The van der Waals surface area contributed by atoms with E-state index < -0.39 is 5.50 Å². The van der Waals surface area contributed by atoms with Crippen molar-refractivity contribution in [2.45, 2.75) is 5.50 Å². The van der Waals surface area contributed by atoms with E-state index >= 15 is 0 Å². The minimum atomic E-state index is -0.472. The molecular weight excluding hydrogens is 383 g/mol. The maximum atomic E-state index is 13.6. The molecule has 0 saturated carbocycles. The summed E-state index contributed by atoms with van der Waals surface area (Å²) in [7, 11) is 0. The number of aromatic hydroxyl groups is 1. The van der Waals surface area contributed by atoms with Gasteiger partial charge in [0, 0.05) is 10.0 Å². The molecule has 0 aliphatic carbocycles. The Bertz CT molecular complexity index is 797. The van der Waals surface area contributed by atoms with E-state index in [1.807, 2.05) is 0 Å². The SMILES string of the molecule is O=C1NC(Nc2ccccc2F)S/C1=C\c1cc(Br)ccc1O. The van der Waals surface area contributed by atoms with Crippen LogP contribution in [0.2, 0.25) is 0 Å². The van der Waals surface area contributed by atoms with E-state index in [9.17, 15) is 14.3 Å². The van der Waals surface area contributed by atoms with Crippen LogP contribution in [0.5, 0.6) is 5.75 Å². The van der Waals surface area contributed by atoms with Gasteiger partial charge in [0.25, 0.3) is 5.91 Å². The highest BCUT2D eigenvalue weighted by atomic mass is 79.9. The first-order chi connectivity index (χ1) is 11.0. The van der Waals surface area contributed by atoms with Gasteiger partial charge in [0.05, 0.1) is 10.6 Å². The maximum Gasteiger partial charge on any atom is 0.260 e. The number of thioether (sulfide) groups is 1. The summed E-state index contributed by atoms with van der Waals surface area (Å²) < 4.78 is 14.4. The Kier molecular flexibility index (Phi) is 4.58. The van der Waals surface area contributed by atoms with E-state index in [2.05, 4.69) is 26.6 Å². The highest BCUT2D eigenvalue weighted by Crippen LogP contribution is 2.33. The highest BCUT2D eigenvalue weighted by molar-refractivity contribution is 9.10. The Morgan fingerprint density at radius 1 is 1.30 bits per heavy atom. The number of para-hydroxylation sites is 1. The van der Waals surface area contributed by atoms with Gasteiger partial charge in [0.15, 0.2) is 5.50 Å². The first kappa shape index (κ1) is 15.9. The second kappa shape index (κ2) is 6.64. The monoisotopic (exact) mass is 394 g/mol. The van der Waals surface area contributed by atoms with Gasteiger partial charge in [-0.15, -0.1) is 0 Å². The largest absolute Gasteiger partial charge is 0.507 e. The van der Waals surface area contributed by atoms with Gasteiger partial charge < -0.3 is 15.7 Å². The number of halogens is 2. The standard InChI is InChI=1S/C16H12BrFN2O2S/c17-10-5-6-13(21)9(7-10)8-14-15(22)20-16(23-14)19-12-4-2-1-3-11(12)18/h1-8,16,19,21H,(H,20,22)/b14-8-. The van der Waals surface area contributed by atoms with Gasteiger partial charge in [-0.1, -0.05) is 39.8 Å². The Hall–Kier alpha value is -1.99. The number of phenols is 1. The van der Waals surface area contributed by atoms with Crippen LogP contribution in [0.1, 0.15) is 5.56 Å². The lowest BCUT2D eigenvalue weighted by atomic mass is 10.2.